The average molecular weight is 197 g/mol. The van der Waals surface area contributed by atoms with Crippen molar-refractivity contribution in [1.82, 2.24) is 5.32 Å². The summed E-state index contributed by atoms with van der Waals surface area (Å²) in [5, 5.41) is 2.55. The standard InChI is InChI=1S/C12H23NO/c1-2-3-4-5-6-7-8-9-10-11-13-12-14/h1-11H2,(H,13,14). The third-order valence-corrected chi connectivity index (χ3v) is 2.37. The molecule has 0 aliphatic carbocycles. The summed E-state index contributed by atoms with van der Waals surface area (Å²) in [6.07, 6.45) is 13.0. The maximum Gasteiger partial charge on any atom is 0.309 e. The SMILES string of the molecule is [CH2]CCCCCCCCCCN[C]=O. The number of unbranched alkanes of at least 4 members (excludes halogenated alkanes) is 8. The second-order valence-electron chi connectivity index (χ2n) is 3.71. The maximum atomic E-state index is 9.80. The van der Waals surface area contributed by atoms with E-state index in [1.807, 2.05) is 0 Å². The highest BCUT2D eigenvalue weighted by Crippen LogP contribution is 2.08. The normalized spacial score (nSPS) is 10.1. The van der Waals surface area contributed by atoms with E-state index in [4.69, 9.17) is 0 Å². The van der Waals surface area contributed by atoms with Crippen LogP contribution >= 0.6 is 0 Å². The number of hydrogen-bond donors (Lipinski definition) is 1. The maximum absolute atomic E-state index is 9.80. The highest BCUT2D eigenvalue weighted by molar-refractivity contribution is 5.46. The molecule has 0 fully saturated rings. The minimum absolute atomic E-state index is 0.783. The minimum Gasteiger partial charge on any atom is -0.348 e. The Hall–Kier alpha value is -0.530. The van der Waals surface area contributed by atoms with E-state index in [9.17, 15) is 4.79 Å². The monoisotopic (exact) mass is 197 g/mol. The molecule has 0 aromatic rings. The molecule has 0 atom stereocenters. The van der Waals surface area contributed by atoms with Gasteiger partial charge in [-0.05, 0) is 6.42 Å². The van der Waals surface area contributed by atoms with Crippen LogP contribution < -0.4 is 5.32 Å². The minimum atomic E-state index is 0.783. The lowest BCUT2D eigenvalue weighted by molar-refractivity contribution is 0.532. The molecule has 0 heterocycles. The van der Waals surface area contributed by atoms with E-state index in [0.717, 1.165) is 19.4 Å². The van der Waals surface area contributed by atoms with Gasteiger partial charge in [-0.1, -0.05) is 58.3 Å². The largest absolute Gasteiger partial charge is 0.348 e. The lowest BCUT2D eigenvalue weighted by Crippen LogP contribution is -2.11. The highest BCUT2D eigenvalue weighted by atomic mass is 16.1. The van der Waals surface area contributed by atoms with Gasteiger partial charge in [0.2, 0.25) is 0 Å². The molecule has 2 heteroatoms. The smallest absolute Gasteiger partial charge is 0.309 e. The number of nitrogens with one attached hydrogen (secondary N) is 1. The van der Waals surface area contributed by atoms with Crippen LogP contribution in [0.1, 0.15) is 57.8 Å². The molecule has 1 N–H and O–H groups in total. The number of carbonyl (C=O) groups excluding carboxylic acids is 1. The van der Waals surface area contributed by atoms with E-state index < -0.39 is 0 Å². The first kappa shape index (κ1) is 13.5. The summed E-state index contributed by atoms with van der Waals surface area (Å²) in [4.78, 5) is 9.80. The third-order valence-electron chi connectivity index (χ3n) is 2.37. The Morgan fingerprint density at radius 1 is 0.857 bits per heavy atom. The summed E-state index contributed by atoms with van der Waals surface area (Å²) in [5.41, 5.74) is 0. The average Bonchev–Trinajstić information content (AvgIpc) is 2.21. The molecule has 2 radical (unpaired) electrons. The van der Waals surface area contributed by atoms with Gasteiger partial charge in [0.15, 0.2) is 0 Å². The first-order chi connectivity index (χ1) is 6.91. The fourth-order valence-corrected chi connectivity index (χ4v) is 1.50. The van der Waals surface area contributed by atoms with Gasteiger partial charge in [0, 0.05) is 6.54 Å². The fraction of sp³-hybridized carbons (Fsp3) is 0.833. The van der Waals surface area contributed by atoms with Gasteiger partial charge in [0.05, 0.1) is 0 Å². The summed E-state index contributed by atoms with van der Waals surface area (Å²) in [5.74, 6) is 0. The highest BCUT2D eigenvalue weighted by Gasteiger charge is 1.91. The van der Waals surface area contributed by atoms with Gasteiger partial charge in [0.1, 0.15) is 0 Å². The van der Waals surface area contributed by atoms with Crippen molar-refractivity contribution in [1.29, 1.82) is 0 Å². The molecular formula is C12H23NO. The van der Waals surface area contributed by atoms with Crippen LogP contribution in [0.3, 0.4) is 0 Å². The predicted molar refractivity (Wildman–Crippen MR) is 60.6 cm³/mol. The van der Waals surface area contributed by atoms with Crippen molar-refractivity contribution in [2.75, 3.05) is 6.54 Å². The van der Waals surface area contributed by atoms with Crippen LogP contribution in [0.2, 0.25) is 0 Å². The van der Waals surface area contributed by atoms with Crippen molar-refractivity contribution in [3.63, 3.8) is 0 Å². The Kier molecular flexibility index (Phi) is 12.0. The molecular weight excluding hydrogens is 174 g/mol. The van der Waals surface area contributed by atoms with Crippen molar-refractivity contribution in [2.24, 2.45) is 0 Å². The molecule has 0 aliphatic heterocycles. The molecule has 0 saturated carbocycles. The van der Waals surface area contributed by atoms with E-state index in [-0.39, 0.29) is 0 Å². The van der Waals surface area contributed by atoms with Crippen LogP contribution in [0, 0.1) is 6.92 Å². The Morgan fingerprint density at radius 2 is 1.36 bits per heavy atom. The summed E-state index contributed by atoms with van der Waals surface area (Å²) >= 11 is 0. The fourth-order valence-electron chi connectivity index (χ4n) is 1.50. The van der Waals surface area contributed by atoms with E-state index in [0.29, 0.717) is 0 Å². The van der Waals surface area contributed by atoms with E-state index in [1.165, 1.54) is 44.9 Å². The Bertz CT molecular complexity index is 115. The van der Waals surface area contributed by atoms with E-state index >= 15 is 0 Å². The van der Waals surface area contributed by atoms with Gasteiger partial charge in [-0.15, -0.1) is 0 Å². The zero-order valence-corrected chi connectivity index (χ0v) is 9.19. The molecule has 82 valence electrons. The predicted octanol–water partition coefficient (Wildman–Crippen LogP) is 2.99. The Morgan fingerprint density at radius 3 is 1.86 bits per heavy atom. The summed E-state index contributed by atoms with van der Waals surface area (Å²) in [7, 11) is 0. The molecule has 0 spiro atoms. The summed E-state index contributed by atoms with van der Waals surface area (Å²) in [6, 6.07) is 0. The van der Waals surface area contributed by atoms with Crippen molar-refractivity contribution in [3.8, 4) is 0 Å². The molecule has 0 aromatic heterocycles. The van der Waals surface area contributed by atoms with Crippen LogP contribution in [0.15, 0.2) is 0 Å². The van der Waals surface area contributed by atoms with Gasteiger partial charge in [-0.3, -0.25) is 4.79 Å². The van der Waals surface area contributed by atoms with Crippen molar-refractivity contribution >= 4 is 6.41 Å². The Balaban J connectivity index is 2.81. The van der Waals surface area contributed by atoms with Crippen LogP contribution in [0.5, 0.6) is 0 Å². The quantitative estimate of drug-likeness (QED) is 0.400. The third kappa shape index (κ3) is 11.5. The van der Waals surface area contributed by atoms with Crippen molar-refractivity contribution in [2.45, 2.75) is 57.8 Å². The van der Waals surface area contributed by atoms with Gasteiger partial charge in [-0.25, -0.2) is 0 Å². The van der Waals surface area contributed by atoms with Gasteiger partial charge < -0.3 is 5.32 Å². The van der Waals surface area contributed by atoms with Crippen LogP contribution in [-0.2, 0) is 4.79 Å². The van der Waals surface area contributed by atoms with E-state index in [1.54, 1.807) is 6.41 Å². The van der Waals surface area contributed by atoms with Crippen LogP contribution in [0.4, 0.5) is 0 Å². The first-order valence-electron chi connectivity index (χ1n) is 5.81. The second-order valence-corrected chi connectivity index (χ2v) is 3.71. The van der Waals surface area contributed by atoms with Crippen LogP contribution in [-0.4, -0.2) is 13.0 Å². The Labute approximate surface area is 88.5 Å². The summed E-state index contributed by atoms with van der Waals surface area (Å²) < 4.78 is 0. The molecule has 0 aromatic carbocycles. The lowest BCUT2D eigenvalue weighted by atomic mass is 10.1. The molecule has 0 bridgehead atoms. The van der Waals surface area contributed by atoms with Crippen LogP contribution in [0.25, 0.3) is 0 Å². The number of rotatable bonds is 11. The zero-order chi connectivity index (χ0) is 10.5. The van der Waals surface area contributed by atoms with Crippen molar-refractivity contribution in [3.05, 3.63) is 6.92 Å². The second kappa shape index (κ2) is 12.5. The zero-order valence-electron chi connectivity index (χ0n) is 9.19. The van der Waals surface area contributed by atoms with E-state index in [2.05, 4.69) is 12.2 Å². The van der Waals surface area contributed by atoms with Gasteiger partial charge >= 0.3 is 6.41 Å². The molecule has 1 amide bonds. The van der Waals surface area contributed by atoms with Gasteiger partial charge in [0.25, 0.3) is 0 Å². The molecule has 14 heavy (non-hydrogen) atoms. The van der Waals surface area contributed by atoms with Gasteiger partial charge in [-0.2, -0.15) is 0 Å². The molecule has 0 rings (SSSR count). The first-order valence-corrected chi connectivity index (χ1v) is 5.81. The number of hydrogen-bond acceptors (Lipinski definition) is 1. The molecule has 0 saturated heterocycles. The van der Waals surface area contributed by atoms with Crippen molar-refractivity contribution < 1.29 is 4.79 Å². The molecule has 2 nitrogen and oxygen atoms in total. The lowest BCUT2D eigenvalue weighted by Gasteiger charge is -2.01. The molecule has 0 unspecified atom stereocenters. The topological polar surface area (TPSA) is 29.1 Å². The number of amides is 1. The molecule has 0 aliphatic rings. The summed E-state index contributed by atoms with van der Waals surface area (Å²) in [6.45, 7) is 4.61.